The molecule has 1 heterocycles. The lowest BCUT2D eigenvalue weighted by Crippen LogP contribution is -2.33. The monoisotopic (exact) mass is 274 g/mol. The Morgan fingerprint density at radius 3 is 2.70 bits per heavy atom. The number of fused-ring (bicyclic) bond motifs is 1. The number of hydrogen-bond acceptors (Lipinski definition) is 4. The number of rotatable bonds is 5. The van der Waals surface area contributed by atoms with Gasteiger partial charge in [0.2, 0.25) is 0 Å². The van der Waals surface area contributed by atoms with Gasteiger partial charge in [-0.2, -0.15) is 0 Å². The molecule has 0 bridgehead atoms. The predicted molar refractivity (Wildman–Crippen MR) is 74.8 cm³/mol. The second-order valence-corrected chi connectivity index (χ2v) is 4.09. The minimum absolute atomic E-state index is 0.0859. The summed E-state index contributed by atoms with van der Waals surface area (Å²) in [5, 5.41) is 15.3. The van der Waals surface area contributed by atoms with E-state index in [-0.39, 0.29) is 5.56 Å². The number of hydrogen-bond donors (Lipinski definition) is 4. The van der Waals surface area contributed by atoms with Crippen LogP contribution >= 0.6 is 0 Å². The highest BCUT2D eigenvalue weighted by molar-refractivity contribution is 6.04. The van der Waals surface area contributed by atoms with Crippen LogP contribution < -0.4 is 16.4 Å². The van der Waals surface area contributed by atoms with Gasteiger partial charge in [0, 0.05) is 24.7 Å². The van der Waals surface area contributed by atoms with Crippen LogP contribution in [0.4, 0.5) is 10.5 Å². The second-order valence-electron chi connectivity index (χ2n) is 4.09. The van der Waals surface area contributed by atoms with Gasteiger partial charge in [0.1, 0.15) is 5.56 Å². The van der Waals surface area contributed by atoms with Crippen LogP contribution in [-0.4, -0.2) is 35.2 Å². The predicted octanol–water partition coefficient (Wildman–Crippen LogP) is 1.01. The molecule has 7 heteroatoms. The van der Waals surface area contributed by atoms with Gasteiger partial charge in [-0.1, -0.05) is 18.2 Å². The van der Waals surface area contributed by atoms with E-state index in [1.54, 1.807) is 12.1 Å². The highest BCUT2D eigenvalue weighted by Crippen LogP contribution is 2.25. The molecular formula is C13H14N4O3. The van der Waals surface area contributed by atoms with E-state index in [4.69, 9.17) is 5.73 Å². The zero-order chi connectivity index (χ0) is 14.5. The van der Waals surface area contributed by atoms with E-state index in [9.17, 15) is 14.7 Å². The third kappa shape index (κ3) is 2.94. The van der Waals surface area contributed by atoms with Crippen molar-refractivity contribution in [2.45, 2.75) is 0 Å². The molecule has 7 nitrogen and oxygen atoms in total. The molecule has 0 aliphatic rings. The molecule has 104 valence electrons. The van der Waals surface area contributed by atoms with Crippen molar-refractivity contribution in [1.29, 1.82) is 0 Å². The van der Waals surface area contributed by atoms with Crippen LogP contribution in [0.25, 0.3) is 10.9 Å². The summed E-state index contributed by atoms with van der Waals surface area (Å²) >= 11 is 0. The highest BCUT2D eigenvalue weighted by Gasteiger charge is 2.13. The number of amides is 2. The number of urea groups is 1. The minimum atomic E-state index is -1.06. The van der Waals surface area contributed by atoms with Gasteiger partial charge in [-0.3, -0.25) is 4.98 Å². The van der Waals surface area contributed by atoms with Gasteiger partial charge in [0.05, 0.1) is 11.2 Å². The Bertz CT molecular complexity index is 657. The molecule has 0 aliphatic carbocycles. The zero-order valence-electron chi connectivity index (χ0n) is 10.6. The number of nitrogens with two attached hydrogens (primary N) is 1. The maximum absolute atomic E-state index is 11.2. The van der Waals surface area contributed by atoms with Crippen LogP contribution in [0.5, 0.6) is 0 Å². The number of para-hydroxylation sites is 1. The van der Waals surface area contributed by atoms with E-state index in [2.05, 4.69) is 15.6 Å². The number of pyridine rings is 1. The molecule has 1 aromatic heterocycles. The Morgan fingerprint density at radius 1 is 1.25 bits per heavy atom. The molecule has 0 unspecified atom stereocenters. The number of nitrogens with one attached hydrogen (secondary N) is 2. The van der Waals surface area contributed by atoms with Gasteiger partial charge in [-0.15, -0.1) is 0 Å². The number of carboxylic acids is 1. The van der Waals surface area contributed by atoms with Gasteiger partial charge >= 0.3 is 12.0 Å². The van der Waals surface area contributed by atoms with Crippen LogP contribution in [0.2, 0.25) is 0 Å². The normalized spacial score (nSPS) is 10.2. The molecule has 0 radical (unpaired) electrons. The molecule has 1 aromatic carbocycles. The lowest BCUT2D eigenvalue weighted by Gasteiger charge is -2.12. The summed E-state index contributed by atoms with van der Waals surface area (Å²) in [6.07, 6.45) is 1.31. The third-order valence-corrected chi connectivity index (χ3v) is 2.73. The van der Waals surface area contributed by atoms with Crippen molar-refractivity contribution in [3.8, 4) is 0 Å². The molecular weight excluding hydrogens is 260 g/mol. The Kier molecular flexibility index (Phi) is 3.99. The highest BCUT2D eigenvalue weighted by atomic mass is 16.4. The van der Waals surface area contributed by atoms with Crippen LogP contribution in [0.15, 0.2) is 30.5 Å². The first-order valence-corrected chi connectivity index (χ1v) is 5.98. The molecule has 0 fully saturated rings. The summed E-state index contributed by atoms with van der Waals surface area (Å²) in [6, 6.07) is 6.60. The number of aromatic nitrogens is 1. The minimum Gasteiger partial charge on any atom is -0.478 e. The van der Waals surface area contributed by atoms with E-state index < -0.39 is 12.0 Å². The molecule has 20 heavy (non-hydrogen) atoms. The Morgan fingerprint density at radius 2 is 2.00 bits per heavy atom. The summed E-state index contributed by atoms with van der Waals surface area (Å²) in [4.78, 5) is 25.9. The van der Waals surface area contributed by atoms with Gasteiger partial charge in [0.15, 0.2) is 0 Å². The number of nitrogens with zero attached hydrogens (tertiary/aromatic N) is 1. The van der Waals surface area contributed by atoms with Gasteiger partial charge in [-0.25, -0.2) is 9.59 Å². The Hall–Kier alpha value is -2.83. The molecule has 0 saturated carbocycles. The number of carboxylic acid groups (broad SMARTS) is 1. The largest absolute Gasteiger partial charge is 0.478 e. The average Bonchev–Trinajstić information content (AvgIpc) is 2.42. The van der Waals surface area contributed by atoms with E-state index in [0.717, 1.165) is 0 Å². The number of primary amides is 1. The van der Waals surface area contributed by atoms with Crippen molar-refractivity contribution in [3.05, 3.63) is 36.0 Å². The van der Waals surface area contributed by atoms with Crippen LogP contribution in [-0.2, 0) is 0 Å². The smallest absolute Gasteiger partial charge is 0.339 e. The maximum Gasteiger partial charge on any atom is 0.339 e. The number of carbonyl (C=O) groups is 2. The summed E-state index contributed by atoms with van der Waals surface area (Å²) in [7, 11) is 0. The van der Waals surface area contributed by atoms with Crippen molar-refractivity contribution >= 4 is 28.6 Å². The van der Waals surface area contributed by atoms with Gasteiger partial charge in [-0.05, 0) is 6.07 Å². The average molecular weight is 274 g/mol. The molecule has 2 aromatic rings. The lowest BCUT2D eigenvalue weighted by molar-refractivity contribution is 0.0697. The van der Waals surface area contributed by atoms with Crippen LogP contribution in [0.1, 0.15) is 10.4 Å². The number of carbonyl (C=O) groups excluding carboxylic acids is 1. The molecule has 0 spiro atoms. The summed E-state index contributed by atoms with van der Waals surface area (Å²) < 4.78 is 0. The van der Waals surface area contributed by atoms with E-state index in [0.29, 0.717) is 29.7 Å². The van der Waals surface area contributed by atoms with E-state index >= 15 is 0 Å². The second kappa shape index (κ2) is 5.87. The van der Waals surface area contributed by atoms with Gasteiger partial charge in [0.25, 0.3) is 0 Å². The standard InChI is InChI=1S/C13H14N4O3/c14-13(20)16-6-5-15-11-8-3-1-2-4-10(8)17-7-9(11)12(18)19/h1-4,7H,5-6H2,(H,15,17)(H,18,19)(H3,14,16,20). The fourth-order valence-electron chi connectivity index (χ4n) is 1.87. The number of anilines is 1. The zero-order valence-corrected chi connectivity index (χ0v) is 10.6. The number of benzene rings is 1. The summed E-state index contributed by atoms with van der Waals surface area (Å²) in [5.41, 5.74) is 6.22. The lowest BCUT2D eigenvalue weighted by atomic mass is 10.1. The van der Waals surface area contributed by atoms with Crippen molar-refractivity contribution in [2.24, 2.45) is 5.73 Å². The molecule has 0 saturated heterocycles. The van der Waals surface area contributed by atoms with Crippen LogP contribution in [0.3, 0.4) is 0 Å². The number of aromatic carboxylic acids is 1. The summed E-state index contributed by atoms with van der Waals surface area (Å²) in [6.45, 7) is 0.655. The van der Waals surface area contributed by atoms with Crippen LogP contribution in [0, 0.1) is 0 Å². The third-order valence-electron chi connectivity index (χ3n) is 2.73. The van der Waals surface area contributed by atoms with Crippen molar-refractivity contribution in [3.63, 3.8) is 0 Å². The first-order chi connectivity index (χ1) is 9.59. The Labute approximate surface area is 114 Å². The first-order valence-electron chi connectivity index (χ1n) is 5.98. The molecule has 0 aliphatic heterocycles. The van der Waals surface area contributed by atoms with Crippen molar-refractivity contribution in [1.82, 2.24) is 10.3 Å². The molecule has 2 amide bonds. The Balaban J connectivity index is 2.30. The summed E-state index contributed by atoms with van der Waals surface area (Å²) in [5.74, 6) is -1.06. The fraction of sp³-hybridized carbons (Fsp3) is 0.154. The first kappa shape index (κ1) is 13.6. The quantitative estimate of drug-likeness (QED) is 0.607. The fourth-order valence-corrected chi connectivity index (χ4v) is 1.87. The maximum atomic E-state index is 11.2. The topological polar surface area (TPSA) is 117 Å². The molecule has 0 atom stereocenters. The van der Waals surface area contributed by atoms with Crippen molar-refractivity contribution < 1.29 is 14.7 Å². The molecule has 2 rings (SSSR count). The van der Waals surface area contributed by atoms with Gasteiger partial charge < -0.3 is 21.5 Å². The van der Waals surface area contributed by atoms with Crippen molar-refractivity contribution in [2.75, 3.05) is 18.4 Å². The van der Waals surface area contributed by atoms with E-state index in [1.807, 2.05) is 12.1 Å². The molecule has 5 N–H and O–H groups in total. The SMILES string of the molecule is NC(=O)NCCNc1c(C(=O)O)cnc2ccccc12. The van der Waals surface area contributed by atoms with E-state index in [1.165, 1.54) is 6.20 Å².